The van der Waals surface area contributed by atoms with Crippen molar-refractivity contribution in [1.82, 2.24) is 15.6 Å². The number of rotatable bonds is 8. The molecule has 2 amide bonds. The number of anilines is 1. The minimum atomic E-state index is -4.61. The van der Waals surface area contributed by atoms with Gasteiger partial charge in [0.1, 0.15) is 17.1 Å². The van der Waals surface area contributed by atoms with Crippen molar-refractivity contribution in [3.8, 4) is 5.75 Å². The van der Waals surface area contributed by atoms with Crippen molar-refractivity contribution < 1.29 is 27.1 Å². The number of nitrogen functional groups attached to an aromatic ring is 1. The number of ether oxygens (including phenoxy) is 1. The van der Waals surface area contributed by atoms with E-state index in [4.69, 9.17) is 10.5 Å². The SMILES string of the molecule is CC(C)NC(=O)NC(Cc1ccccc1)(c1cc(F)cc(OCC(F)(F)F)c1)c1ccc(N)cn1. The summed E-state index contributed by atoms with van der Waals surface area (Å²) in [4.78, 5) is 17.3. The van der Waals surface area contributed by atoms with Gasteiger partial charge in [-0.25, -0.2) is 9.18 Å². The van der Waals surface area contributed by atoms with Crippen LogP contribution < -0.4 is 21.1 Å². The quantitative estimate of drug-likeness (QED) is 0.391. The summed E-state index contributed by atoms with van der Waals surface area (Å²) in [5.41, 5.74) is 5.91. The van der Waals surface area contributed by atoms with Crippen molar-refractivity contribution in [1.29, 1.82) is 0 Å². The smallest absolute Gasteiger partial charge is 0.422 e. The first-order chi connectivity index (χ1) is 16.5. The molecule has 0 spiro atoms. The van der Waals surface area contributed by atoms with E-state index in [1.807, 2.05) is 18.2 Å². The highest BCUT2D eigenvalue weighted by Crippen LogP contribution is 2.35. The molecule has 0 aliphatic carbocycles. The van der Waals surface area contributed by atoms with Gasteiger partial charge < -0.3 is 21.1 Å². The molecule has 0 fully saturated rings. The molecule has 0 radical (unpaired) electrons. The molecule has 1 atom stereocenters. The topological polar surface area (TPSA) is 89.3 Å². The van der Waals surface area contributed by atoms with E-state index in [2.05, 4.69) is 15.6 Å². The van der Waals surface area contributed by atoms with Crippen LogP contribution in [0.3, 0.4) is 0 Å². The molecule has 0 saturated heterocycles. The van der Waals surface area contributed by atoms with E-state index in [-0.39, 0.29) is 23.8 Å². The second-order valence-electron chi connectivity index (χ2n) is 8.38. The van der Waals surface area contributed by atoms with Gasteiger partial charge in [0.15, 0.2) is 6.61 Å². The number of hydrogen-bond donors (Lipinski definition) is 3. The van der Waals surface area contributed by atoms with E-state index in [1.54, 1.807) is 38.1 Å². The van der Waals surface area contributed by atoms with Crippen LogP contribution in [0.1, 0.15) is 30.7 Å². The molecule has 2 aromatic carbocycles. The first kappa shape index (κ1) is 25.8. The third-order valence-corrected chi connectivity index (χ3v) is 5.05. The van der Waals surface area contributed by atoms with E-state index >= 15 is 0 Å². The number of urea groups is 1. The number of carbonyl (C=O) groups is 1. The number of pyridine rings is 1. The van der Waals surface area contributed by atoms with Gasteiger partial charge in [-0.2, -0.15) is 13.2 Å². The molecular formula is C25H26F4N4O2. The number of amides is 2. The summed E-state index contributed by atoms with van der Waals surface area (Å²) in [6.45, 7) is 1.94. The Hall–Kier alpha value is -3.82. The summed E-state index contributed by atoms with van der Waals surface area (Å²) in [7, 11) is 0. The summed E-state index contributed by atoms with van der Waals surface area (Å²) in [5.74, 6) is -1.17. The van der Waals surface area contributed by atoms with Crippen LogP contribution in [0.2, 0.25) is 0 Å². The van der Waals surface area contributed by atoms with Crippen molar-refractivity contribution in [3.05, 3.63) is 89.5 Å². The molecule has 0 aliphatic heterocycles. The third kappa shape index (κ3) is 7.08. The fourth-order valence-electron chi connectivity index (χ4n) is 3.63. The number of benzene rings is 2. The third-order valence-electron chi connectivity index (χ3n) is 5.05. The summed E-state index contributed by atoms with van der Waals surface area (Å²) >= 11 is 0. The summed E-state index contributed by atoms with van der Waals surface area (Å²) in [5, 5.41) is 5.62. The summed E-state index contributed by atoms with van der Waals surface area (Å²) in [6.07, 6.45) is -3.11. The first-order valence-corrected chi connectivity index (χ1v) is 10.8. The van der Waals surface area contributed by atoms with Gasteiger partial charge in [0.05, 0.1) is 17.6 Å². The van der Waals surface area contributed by atoms with Gasteiger partial charge in [-0.05, 0) is 49.2 Å². The van der Waals surface area contributed by atoms with E-state index in [0.29, 0.717) is 11.4 Å². The van der Waals surface area contributed by atoms with E-state index in [1.165, 1.54) is 12.3 Å². The van der Waals surface area contributed by atoms with E-state index < -0.39 is 30.2 Å². The Morgan fingerprint density at radius 3 is 2.40 bits per heavy atom. The molecule has 3 aromatic rings. The van der Waals surface area contributed by atoms with Gasteiger partial charge in [-0.3, -0.25) is 4.98 Å². The van der Waals surface area contributed by atoms with Gasteiger partial charge in [0, 0.05) is 18.5 Å². The van der Waals surface area contributed by atoms with Gasteiger partial charge in [-0.15, -0.1) is 0 Å². The molecule has 0 saturated carbocycles. The Balaban J connectivity index is 2.20. The summed E-state index contributed by atoms with van der Waals surface area (Å²) < 4.78 is 57.8. The zero-order chi connectivity index (χ0) is 25.6. The van der Waals surface area contributed by atoms with E-state index in [0.717, 1.165) is 17.7 Å². The summed E-state index contributed by atoms with van der Waals surface area (Å²) in [6, 6.07) is 14.7. The maximum atomic E-state index is 14.7. The molecule has 3 rings (SSSR count). The Labute approximate surface area is 200 Å². The maximum absolute atomic E-state index is 14.7. The number of nitrogens with two attached hydrogens (primary N) is 1. The van der Waals surface area contributed by atoms with E-state index in [9.17, 15) is 22.4 Å². The van der Waals surface area contributed by atoms with Crippen LogP contribution in [0.15, 0.2) is 66.9 Å². The lowest BCUT2D eigenvalue weighted by molar-refractivity contribution is -0.153. The zero-order valence-electron chi connectivity index (χ0n) is 19.2. The largest absolute Gasteiger partial charge is 0.484 e. The number of nitrogens with one attached hydrogen (secondary N) is 2. The van der Waals surface area contributed by atoms with Crippen LogP contribution in [0.5, 0.6) is 5.75 Å². The fourth-order valence-corrected chi connectivity index (χ4v) is 3.63. The maximum Gasteiger partial charge on any atom is 0.422 e. The highest BCUT2D eigenvalue weighted by Gasteiger charge is 2.39. The molecule has 1 heterocycles. The molecule has 6 nitrogen and oxygen atoms in total. The lowest BCUT2D eigenvalue weighted by atomic mass is 9.80. The minimum Gasteiger partial charge on any atom is -0.484 e. The second kappa shape index (κ2) is 10.6. The molecule has 186 valence electrons. The van der Waals surface area contributed by atoms with Crippen LogP contribution in [-0.2, 0) is 12.0 Å². The molecule has 1 unspecified atom stereocenters. The van der Waals surface area contributed by atoms with Crippen LogP contribution in [0.4, 0.5) is 28.0 Å². The first-order valence-electron chi connectivity index (χ1n) is 10.8. The van der Waals surface area contributed by atoms with Crippen molar-refractivity contribution in [2.75, 3.05) is 12.3 Å². The van der Waals surface area contributed by atoms with Crippen LogP contribution in [0.25, 0.3) is 0 Å². The van der Waals surface area contributed by atoms with Gasteiger partial charge in [0.2, 0.25) is 0 Å². The highest BCUT2D eigenvalue weighted by atomic mass is 19.4. The number of carbonyl (C=O) groups excluding carboxylic acids is 1. The number of hydrogen-bond acceptors (Lipinski definition) is 4. The molecular weight excluding hydrogens is 464 g/mol. The molecule has 35 heavy (non-hydrogen) atoms. The lowest BCUT2D eigenvalue weighted by Gasteiger charge is -2.36. The van der Waals surface area contributed by atoms with Crippen molar-refractivity contribution >= 4 is 11.7 Å². The van der Waals surface area contributed by atoms with Crippen LogP contribution in [-0.4, -0.2) is 29.8 Å². The molecule has 0 aliphatic rings. The Bertz CT molecular complexity index is 1140. The molecule has 1 aromatic heterocycles. The zero-order valence-corrected chi connectivity index (χ0v) is 19.2. The average molecular weight is 491 g/mol. The molecule has 4 N–H and O–H groups in total. The predicted octanol–water partition coefficient (Wildman–Crippen LogP) is 4.94. The van der Waals surface area contributed by atoms with Gasteiger partial charge in [0.25, 0.3) is 0 Å². The Kier molecular flexibility index (Phi) is 7.83. The van der Waals surface area contributed by atoms with Gasteiger partial charge in [-0.1, -0.05) is 30.3 Å². The standard InChI is InChI=1S/C25H26F4N4O2/c1-16(2)32-23(34)33-24(13-17-6-4-3-5-7-17,22-9-8-20(30)14-31-22)18-10-19(26)12-21(11-18)35-15-25(27,28)29/h3-12,14,16H,13,15,30H2,1-2H3,(H2,32,33,34). The number of nitrogens with zero attached hydrogens (tertiary/aromatic N) is 1. The number of alkyl halides is 3. The van der Waals surface area contributed by atoms with Gasteiger partial charge >= 0.3 is 12.2 Å². The Morgan fingerprint density at radius 2 is 1.80 bits per heavy atom. The van der Waals surface area contributed by atoms with Crippen molar-refractivity contribution in [3.63, 3.8) is 0 Å². The number of aromatic nitrogens is 1. The fraction of sp³-hybridized carbons (Fsp3) is 0.280. The Morgan fingerprint density at radius 1 is 1.09 bits per heavy atom. The molecule has 0 bridgehead atoms. The van der Waals surface area contributed by atoms with Crippen LogP contribution >= 0.6 is 0 Å². The normalized spacial score (nSPS) is 13.2. The van der Waals surface area contributed by atoms with Crippen LogP contribution in [0, 0.1) is 5.82 Å². The van der Waals surface area contributed by atoms with Crippen molar-refractivity contribution in [2.24, 2.45) is 0 Å². The minimum absolute atomic E-state index is 0.110. The predicted molar refractivity (Wildman–Crippen MR) is 124 cm³/mol. The average Bonchev–Trinajstić information content (AvgIpc) is 2.77. The monoisotopic (exact) mass is 490 g/mol. The number of halogens is 4. The van der Waals surface area contributed by atoms with Crippen molar-refractivity contribution in [2.45, 2.75) is 38.0 Å². The highest BCUT2D eigenvalue weighted by molar-refractivity contribution is 5.76. The molecule has 10 heteroatoms. The second-order valence-corrected chi connectivity index (χ2v) is 8.38. The lowest BCUT2D eigenvalue weighted by Crippen LogP contribution is -2.53.